The molecule has 4 heteroatoms. The standard InChI is InChI=1S/C14H23N3O.C2H6/c1-2-13-4-5-14(16-12-13)18-11-3-8-17-9-6-15-7-10-17;1-2/h4-5,12,15H,2-3,6-11H2,1H3;1-2H3. The van der Waals surface area contributed by atoms with Gasteiger partial charge >= 0.3 is 0 Å². The number of nitrogens with one attached hydrogen (secondary N) is 1. The number of ether oxygens (including phenoxy) is 1. The molecule has 1 saturated heterocycles. The van der Waals surface area contributed by atoms with E-state index in [1.54, 1.807) is 0 Å². The Balaban J connectivity index is 0.000000956. The summed E-state index contributed by atoms with van der Waals surface area (Å²) in [4.78, 5) is 6.77. The molecule has 1 aromatic rings. The Bertz CT molecular complexity index is 334. The summed E-state index contributed by atoms with van der Waals surface area (Å²) in [6, 6.07) is 4.04. The first-order chi connectivity index (χ1) is 9.88. The molecule has 0 spiro atoms. The molecular formula is C16H29N3O. The van der Waals surface area contributed by atoms with Crippen molar-refractivity contribution in [1.82, 2.24) is 15.2 Å². The molecule has 0 radical (unpaired) electrons. The van der Waals surface area contributed by atoms with Gasteiger partial charge in [-0.1, -0.05) is 26.8 Å². The predicted octanol–water partition coefficient (Wildman–Crippen LogP) is 2.34. The van der Waals surface area contributed by atoms with Gasteiger partial charge in [0, 0.05) is 45.0 Å². The predicted molar refractivity (Wildman–Crippen MR) is 84.4 cm³/mol. The van der Waals surface area contributed by atoms with Crippen molar-refractivity contribution in [2.24, 2.45) is 0 Å². The highest BCUT2D eigenvalue weighted by Crippen LogP contribution is 2.08. The van der Waals surface area contributed by atoms with Gasteiger partial charge in [0.1, 0.15) is 0 Å². The van der Waals surface area contributed by atoms with Crippen LogP contribution in [-0.2, 0) is 6.42 Å². The molecule has 1 aliphatic heterocycles. The number of nitrogens with zero attached hydrogens (tertiary/aromatic N) is 2. The molecule has 1 fully saturated rings. The van der Waals surface area contributed by atoms with Crippen LogP contribution in [0.3, 0.4) is 0 Å². The average molecular weight is 279 g/mol. The van der Waals surface area contributed by atoms with E-state index in [0.29, 0.717) is 0 Å². The Morgan fingerprint density at radius 2 is 2.00 bits per heavy atom. The third kappa shape index (κ3) is 6.35. The fourth-order valence-corrected chi connectivity index (χ4v) is 2.11. The molecule has 2 rings (SSSR count). The van der Waals surface area contributed by atoms with Gasteiger partial charge in [-0.05, 0) is 18.4 Å². The topological polar surface area (TPSA) is 37.4 Å². The quantitative estimate of drug-likeness (QED) is 0.811. The minimum Gasteiger partial charge on any atom is -0.478 e. The zero-order chi connectivity index (χ0) is 14.6. The molecule has 0 aromatic carbocycles. The van der Waals surface area contributed by atoms with E-state index in [2.05, 4.69) is 28.2 Å². The van der Waals surface area contributed by atoms with Crippen LogP contribution < -0.4 is 10.1 Å². The molecular weight excluding hydrogens is 250 g/mol. The van der Waals surface area contributed by atoms with Gasteiger partial charge in [-0.15, -0.1) is 0 Å². The third-order valence-corrected chi connectivity index (χ3v) is 3.28. The van der Waals surface area contributed by atoms with E-state index in [9.17, 15) is 0 Å². The number of aryl methyl sites for hydroxylation is 1. The van der Waals surface area contributed by atoms with Gasteiger partial charge in [-0.2, -0.15) is 0 Å². The van der Waals surface area contributed by atoms with Gasteiger partial charge < -0.3 is 15.0 Å². The maximum atomic E-state index is 5.64. The lowest BCUT2D eigenvalue weighted by atomic mass is 10.2. The molecule has 0 aliphatic carbocycles. The maximum Gasteiger partial charge on any atom is 0.213 e. The van der Waals surface area contributed by atoms with Gasteiger partial charge in [0.2, 0.25) is 5.88 Å². The van der Waals surface area contributed by atoms with Crippen LogP contribution in [-0.4, -0.2) is 49.2 Å². The van der Waals surface area contributed by atoms with Crippen molar-refractivity contribution < 1.29 is 4.74 Å². The molecule has 1 N–H and O–H groups in total. The number of aromatic nitrogens is 1. The van der Waals surface area contributed by atoms with Crippen molar-refractivity contribution >= 4 is 0 Å². The Morgan fingerprint density at radius 3 is 2.60 bits per heavy atom. The third-order valence-electron chi connectivity index (χ3n) is 3.28. The molecule has 0 saturated carbocycles. The molecule has 0 bridgehead atoms. The van der Waals surface area contributed by atoms with Crippen molar-refractivity contribution in [3.63, 3.8) is 0 Å². The Kier molecular flexibility index (Phi) is 9.00. The minimum absolute atomic E-state index is 0.743. The summed E-state index contributed by atoms with van der Waals surface area (Å²) < 4.78 is 5.64. The molecule has 0 unspecified atom stereocenters. The van der Waals surface area contributed by atoms with E-state index in [4.69, 9.17) is 4.74 Å². The summed E-state index contributed by atoms with van der Waals surface area (Å²) in [5.41, 5.74) is 1.25. The fourth-order valence-electron chi connectivity index (χ4n) is 2.11. The zero-order valence-electron chi connectivity index (χ0n) is 13.2. The average Bonchev–Trinajstić information content (AvgIpc) is 2.55. The first kappa shape index (κ1) is 16.9. The normalized spacial score (nSPS) is 15.3. The molecule has 4 nitrogen and oxygen atoms in total. The number of rotatable bonds is 6. The highest BCUT2D eigenvalue weighted by Gasteiger charge is 2.08. The molecule has 114 valence electrons. The maximum absolute atomic E-state index is 5.64. The summed E-state index contributed by atoms with van der Waals surface area (Å²) in [7, 11) is 0. The number of hydrogen-bond acceptors (Lipinski definition) is 4. The fraction of sp³-hybridized carbons (Fsp3) is 0.688. The SMILES string of the molecule is CC.CCc1ccc(OCCCN2CCNCC2)nc1. The summed E-state index contributed by atoms with van der Waals surface area (Å²) in [5, 5.41) is 3.36. The highest BCUT2D eigenvalue weighted by atomic mass is 16.5. The zero-order valence-corrected chi connectivity index (χ0v) is 13.2. The Hall–Kier alpha value is -1.13. The molecule has 0 amide bonds. The van der Waals surface area contributed by atoms with Crippen molar-refractivity contribution in [1.29, 1.82) is 0 Å². The largest absolute Gasteiger partial charge is 0.478 e. The Labute approximate surface area is 123 Å². The second kappa shape index (κ2) is 10.6. The van der Waals surface area contributed by atoms with Gasteiger partial charge in [-0.25, -0.2) is 4.98 Å². The van der Waals surface area contributed by atoms with Crippen LogP contribution in [0.1, 0.15) is 32.8 Å². The second-order valence-electron chi connectivity index (χ2n) is 4.65. The molecule has 1 aliphatic rings. The first-order valence-electron chi connectivity index (χ1n) is 7.89. The van der Waals surface area contributed by atoms with Crippen molar-refractivity contribution in [3.8, 4) is 5.88 Å². The van der Waals surface area contributed by atoms with Crippen LogP contribution >= 0.6 is 0 Å². The first-order valence-corrected chi connectivity index (χ1v) is 7.89. The number of pyridine rings is 1. The smallest absolute Gasteiger partial charge is 0.213 e. The van der Waals surface area contributed by atoms with Gasteiger partial charge in [0.05, 0.1) is 6.61 Å². The van der Waals surface area contributed by atoms with Gasteiger partial charge in [0.25, 0.3) is 0 Å². The van der Waals surface area contributed by atoms with E-state index in [-0.39, 0.29) is 0 Å². The molecule has 0 atom stereocenters. The summed E-state index contributed by atoms with van der Waals surface area (Å²) in [6.07, 6.45) is 3.99. The van der Waals surface area contributed by atoms with Gasteiger partial charge in [-0.3, -0.25) is 0 Å². The lowest BCUT2D eigenvalue weighted by Gasteiger charge is -2.26. The number of piperazine rings is 1. The summed E-state index contributed by atoms with van der Waals surface area (Å²) in [6.45, 7) is 12.5. The van der Waals surface area contributed by atoms with E-state index >= 15 is 0 Å². The van der Waals surface area contributed by atoms with Crippen LogP contribution in [0.2, 0.25) is 0 Å². The molecule has 1 aromatic heterocycles. The Morgan fingerprint density at radius 1 is 1.25 bits per heavy atom. The monoisotopic (exact) mass is 279 g/mol. The van der Waals surface area contributed by atoms with Gasteiger partial charge in [0.15, 0.2) is 0 Å². The lowest BCUT2D eigenvalue weighted by Crippen LogP contribution is -2.43. The second-order valence-corrected chi connectivity index (χ2v) is 4.65. The van der Waals surface area contributed by atoms with Crippen LogP contribution in [0.25, 0.3) is 0 Å². The van der Waals surface area contributed by atoms with Crippen molar-refractivity contribution in [3.05, 3.63) is 23.9 Å². The number of hydrogen-bond donors (Lipinski definition) is 1. The summed E-state index contributed by atoms with van der Waals surface area (Å²) >= 11 is 0. The van der Waals surface area contributed by atoms with E-state index < -0.39 is 0 Å². The van der Waals surface area contributed by atoms with Crippen LogP contribution in [0.5, 0.6) is 5.88 Å². The van der Waals surface area contributed by atoms with E-state index in [1.807, 2.05) is 26.1 Å². The van der Waals surface area contributed by atoms with Crippen molar-refractivity contribution in [2.45, 2.75) is 33.6 Å². The lowest BCUT2D eigenvalue weighted by molar-refractivity contribution is 0.211. The van der Waals surface area contributed by atoms with Crippen molar-refractivity contribution in [2.75, 3.05) is 39.3 Å². The van der Waals surface area contributed by atoms with E-state index in [1.165, 1.54) is 5.56 Å². The van der Waals surface area contributed by atoms with Crippen LogP contribution in [0.15, 0.2) is 18.3 Å². The van der Waals surface area contributed by atoms with E-state index in [0.717, 1.165) is 58.1 Å². The molecule has 2 heterocycles. The van der Waals surface area contributed by atoms with Crippen LogP contribution in [0.4, 0.5) is 0 Å². The minimum atomic E-state index is 0.743. The highest BCUT2D eigenvalue weighted by molar-refractivity contribution is 5.17. The summed E-state index contributed by atoms with van der Waals surface area (Å²) in [5.74, 6) is 0.743. The van der Waals surface area contributed by atoms with Crippen LogP contribution in [0, 0.1) is 0 Å². The molecule has 20 heavy (non-hydrogen) atoms.